The Bertz CT molecular complexity index is 1440. The molecule has 0 bridgehead atoms. The van der Waals surface area contributed by atoms with E-state index in [4.69, 9.17) is 21.1 Å². The zero-order valence-corrected chi connectivity index (χ0v) is 23.3. The van der Waals surface area contributed by atoms with E-state index in [9.17, 15) is 14.4 Å². The van der Waals surface area contributed by atoms with Crippen molar-refractivity contribution < 1.29 is 23.9 Å². The fourth-order valence-corrected chi connectivity index (χ4v) is 4.85. The minimum atomic E-state index is -0.782. The monoisotopic (exact) mass is 630 g/mol. The van der Waals surface area contributed by atoms with E-state index in [1.54, 1.807) is 31.2 Å². The fraction of sp³-hybridized carbons (Fsp3) is 0.179. The van der Waals surface area contributed by atoms with Crippen molar-refractivity contribution in [3.63, 3.8) is 0 Å². The number of nitrogens with one attached hydrogen (secondary N) is 1. The van der Waals surface area contributed by atoms with Crippen molar-refractivity contribution in [2.45, 2.75) is 27.4 Å². The van der Waals surface area contributed by atoms with Crippen LogP contribution in [0.25, 0.3) is 6.08 Å². The van der Waals surface area contributed by atoms with Gasteiger partial charge in [0, 0.05) is 5.02 Å². The summed E-state index contributed by atoms with van der Waals surface area (Å²) in [4.78, 5) is 39.7. The van der Waals surface area contributed by atoms with Crippen LogP contribution in [0, 0.1) is 17.4 Å². The van der Waals surface area contributed by atoms with Crippen LogP contribution in [0.15, 0.2) is 60.2 Å². The van der Waals surface area contributed by atoms with Gasteiger partial charge in [-0.1, -0.05) is 35.9 Å². The molecular weight excluding hydrogens is 607 g/mol. The van der Waals surface area contributed by atoms with Gasteiger partial charge in [0.15, 0.2) is 11.5 Å². The van der Waals surface area contributed by atoms with Crippen LogP contribution >= 0.6 is 34.2 Å². The molecule has 1 heterocycles. The van der Waals surface area contributed by atoms with Gasteiger partial charge >= 0.3 is 6.03 Å². The Morgan fingerprint density at radius 1 is 1.03 bits per heavy atom. The summed E-state index contributed by atoms with van der Waals surface area (Å²) in [6.45, 7) is 6.19. The molecular formula is C28H24ClIN2O5. The van der Waals surface area contributed by atoms with Crippen LogP contribution in [0.2, 0.25) is 5.02 Å². The van der Waals surface area contributed by atoms with Crippen LogP contribution < -0.4 is 19.7 Å². The van der Waals surface area contributed by atoms with Gasteiger partial charge in [0.05, 0.1) is 15.9 Å². The molecule has 3 aromatic carbocycles. The van der Waals surface area contributed by atoms with Crippen molar-refractivity contribution in [1.29, 1.82) is 0 Å². The smallest absolute Gasteiger partial charge is 0.335 e. The molecule has 1 aliphatic heterocycles. The van der Waals surface area contributed by atoms with Crippen LogP contribution in [0.4, 0.5) is 10.5 Å². The summed E-state index contributed by atoms with van der Waals surface area (Å²) in [7, 11) is 0. The maximum atomic E-state index is 13.4. The number of amides is 4. The molecule has 37 heavy (non-hydrogen) atoms. The third-order valence-corrected chi connectivity index (χ3v) is 6.66. The van der Waals surface area contributed by atoms with Gasteiger partial charge in [0.2, 0.25) is 0 Å². The summed E-state index contributed by atoms with van der Waals surface area (Å²) in [5.74, 6) is -0.451. The van der Waals surface area contributed by atoms with Crippen LogP contribution in [-0.4, -0.2) is 24.5 Å². The van der Waals surface area contributed by atoms with E-state index in [1.807, 2.05) is 44.2 Å². The van der Waals surface area contributed by atoms with Crippen molar-refractivity contribution >= 4 is 63.8 Å². The first kappa shape index (κ1) is 26.7. The van der Waals surface area contributed by atoms with Gasteiger partial charge in [-0.15, -0.1) is 0 Å². The van der Waals surface area contributed by atoms with Crippen molar-refractivity contribution in [2.75, 3.05) is 11.5 Å². The second-order valence-electron chi connectivity index (χ2n) is 8.43. The molecule has 3 aromatic rings. The molecule has 0 aliphatic carbocycles. The first-order chi connectivity index (χ1) is 17.7. The lowest BCUT2D eigenvalue weighted by molar-refractivity contribution is -0.122. The van der Waals surface area contributed by atoms with Crippen molar-refractivity contribution in [1.82, 2.24) is 5.32 Å². The number of rotatable bonds is 7. The number of carbonyl (C=O) groups is 3. The molecule has 0 atom stereocenters. The molecule has 0 spiro atoms. The molecule has 4 rings (SSSR count). The lowest BCUT2D eigenvalue weighted by Gasteiger charge is -2.28. The average molecular weight is 631 g/mol. The Kier molecular flexibility index (Phi) is 8.19. The number of barbiturate groups is 1. The summed E-state index contributed by atoms with van der Waals surface area (Å²) in [6, 6.07) is 15.5. The molecule has 1 saturated heterocycles. The second-order valence-corrected chi connectivity index (χ2v) is 10.0. The Balaban J connectivity index is 1.68. The van der Waals surface area contributed by atoms with E-state index in [0.29, 0.717) is 34.4 Å². The molecule has 0 radical (unpaired) electrons. The number of urea groups is 1. The van der Waals surface area contributed by atoms with E-state index < -0.39 is 17.8 Å². The lowest BCUT2D eigenvalue weighted by atomic mass is 10.0. The highest BCUT2D eigenvalue weighted by Crippen LogP contribution is 2.36. The minimum Gasteiger partial charge on any atom is -0.490 e. The maximum absolute atomic E-state index is 13.4. The molecule has 1 N–H and O–H groups in total. The van der Waals surface area contributed by atoms with Crippen LogP contribution in [0.5, 0.6) is 11.5 Å². The highest BCUT2D eigenvalue weighted by atomic mass is 127. The van der Waals surface area contributed by atoms with Gasteiger partial charge in [-0.2, -0.15) is 0 Å². The lowest BCUT2D eigenvalue weighted by Crippen LogP contribution is -2.54. The average Bonchev–Trinajstić information content (AvgIpc) is 2.83. The predicted molar refractivity (Wildman–Crippen MR) is 151 cm³/mol. The van der Waals surface area contributed by atoms with Gasteiger partial charge in [-0.25, -0.2) is 9.69 Å². The van der Waals surface area contributed by atoms with Gasteiger partial charge in [-0.05, 0) is 102 Å². The summed E-state index contributed by atoms with van der Waals surface area (Å²) >= 11 is 8.20. The Morgan fingerprint density at radius 3 is 2.54 bits per heavy atom. The SMILES string of the molecule is CCOc1cc(/C=C2\C(=O)NC(=O)N(c3cc(C)ccc3C)C2=O)cc(I)c1OCc1cccc(Cl)c1. The largest absolute Gasteiger partial charge is 0.490 e. The van der Waals surface area contributed by atoms with Gasteiger partial charge < -0.3 is 9.47 Å². The topological polar surface area (TPSA) is 84.9 Å². The molecule has 7 nitrogen and oxygen atoms in total. The van der Waals surface area contributed by atoms with Crippen LogP contribution in [0.3, 0.4) is 0 Å². The van der Waals surface area contributed by atoms with Crippen LogP contribution in [-0.2, 0) is 16.2 Å². The number of halogens is 2. The number of carbonyl (C=O) groups excluding carboxylic acids is 3. The molecule has 4 amide bonds. The standard InChI is InChI=1S/C28H24ClIN2O5/c1-4-36-24-14-19(13-22(30)25(24)37-15-18-6-5-7-20(29)11-18)12-21-26(33)31-28(35)32(27(21)34)23-10-16(2)8-9-17(23)3/h5-14H,4,15H2,1-3H3,(H,31,33,35)/b21-12+. The van der Waals surface area contributed by atoms with E-state index in [-0.39, 0.29) is 12.2 Å². The highest BCUT2D eigenvalue weighted by molar-refractivity contribution is 14.1. The van der Waals surface area contributed by atoms with Gasteiger partial charge in [0.25, 0.3) is 11.8 Å². The van der Waals surface area contributed by atoms with E-state index in [2.05, 4.69) is 27.9 Å². The first-order valence-electron chi connectivity index (χ1n) is 11.5. The molecule has 190 valence electrons. The Hall–Kier alpha value is -3.37. The number of nitrogens with zero attached hydrogens (tertiary/aromatic N) is 1. The fourth-order valence-electron chi connectivity index (χ4n) is 3.86. The molecule has 0 unspecified atom stereocenters. The number of hydrogen-bond donors (Lipinski definition) is 1. The summed E-state index contributed by atoms with van der Waals surface area (Å²) in [5.41, 5.74) is 3.33. The van der Waals surface area contributed by atoms with E-state index >= 15 is 0 Å². The Morgan fingerprint density at radius 2 is 1.81 bits per heavy atom. The number of hydrogen-bond acceptors (Lipinski definition) is 5. The molecule has 0 saturated carbocycles. The highest BCUT2D eigenvalue weighted by Gasteiger charge is 2.37. The number of aryl methyl sites for hydroxylation is 2. The maximum Gasteiger partial charge on any atom is 0.335 e. The quantitative estimate of drug-likeness (QED) is 0.191. The van der Waals surface area contributed by atoms with Crippen molar-refractivity contribution in [3.8, 4) is 11.5 Å². The van der Waals surface area contributed by atoms with Gasteiger partial charge in [0.1, 0.15) is 12.2 Å². The van der Waals surface area contributed by atoms with Crippen LogP contribution in [0.1, 0.15) is 29.2 Å². The molecule has 1 fully saturated rings. The third-order valence-electron chi connectivity index (χ3n) is 5.62. The number of anilines is 1. The summed E-state index contributed by atoms with van der Waals surface area (Å²) in [5, 5.41) is 2.89. The number of benzene rings is 3. The zero-order valence-electron chi connectivity index (χ0n) is 20.4. The molecule has 0 aromatic heterocycles. The first-order valence-corrected chi connectivity index (χ1v) is 13.0. The number of ether oxygens (including phenoxy) is 2. The van der Waals surface area contributed by atoms with Gasteiger partial charge in [-0.3, -0.25) is 14.9 Å². The Labute approximate surface area is 233 Å². The number of imide groups is 2. The van der Waals surface area contributed by atoms with E-state index in [1.165, 1.54) is 6.08 Å². The molecule has 9 heteroatoms. The summed E-state index contributed by atoms with van der Waals surface area (Å²) in [6.07, 6.45) is 1.45. The van der Waals surface area contributed by atoms with Crippen molar-refractivity contribution in [2.24, 2.45) is 0 Å². The normalized spacial score (nSPS) is 14.7. The second kappa shape index (κ2) is 11.4. The predicted octanol–water partition coefficient (Wildman–Crippen LogP) is 6.21. The van der Waals surface area contributed by atoms with Crippen molar-refractivity contribution in [3.05, 3.63) is 91.0 Å². The minimum absolute atomic E-state index is 0.161. The van der Waals surface area contributed by atoms with E-state index in [0.717, 1.165) is 25.2 Å². The zero-order chi connectivity index (χ0) is 26.7. The molecule has 1 aliphatic rings. The third kappa shape index (κ3) is 5.97. The summed E-state index contributed by atoms with van der Waals surface area (Å²) < 4.78 is 12.6.